The zero-order valence-corrected chi connectivity index (χ0v) is 11.7. The van der Waals surface area contributed by atoms with Gasteiger partial charge < -0.3 is 11.1 Å². The van der Waals surface area contributed by atoms with Crippen LogP contribution in [0, 0.1) is 5.92 Å². The van der Waals surface area contributed by atoms with Gasteiger partial charge in [-0.05, 0) is 37.3 Å². The molecule has 3 N–H and O–H groups in total. The van der Waals surface area contributed by atoms with E-state index in [1.807, 2.05) is 12.1 Å². The van der Waals surface area contributed by atoms with E-state index in [9.17, 15) is 0 Å². The van der Waals surface area contributed by atoms with Crippen LogP contribution in [0.25, 0.3) is 0 Å². The summed E-state index contributed by atoms with van der Waals surface area (Å²) in [4.78, 5) is 4.51. The van der Waals surface area contributed by atoms with Crippen LogP contribution in [-0.2, 0) is 0 Å². The molecule has 2 atom stereocenters. The minimum Gasteiger partial charge on any atom is -0.388 e. The summed E-state index contributed by atoms with van der Waals surface area (Å²) in [7, 11) is 0. The van der Waals surface area contributed by atoms with Gasteiger partial charge in [-0.15, -0.1) is 0 Å². The van der Waals surface area contributed by atoms with Gasteiger partial charge in [0.15, 0.2) is 0 Å². The normalized spacial score (nSPS) is 24.3. The molecule has 98 valence electrons. The molecule has 0 amide bonds. The van der Waals surface area contributed by atoms with Crippen LogP contribution in [0.15, 0.2) is 18.3 Å². The highest BCUT2D eigenvalue weighted by molar-refractivity contribution is 7.80. The predicted molar refractivity (Wildman–Crippen MR) is 79.8 cm³/mol. The van der Waals surface area contributed by atoms with E-state index in [0.717, 1.165) is 11.6 Å². The summed E-state index contributed by atoms with van der Waals surface area (Å²) in [6, 6.07) is 4.49. The number of rotatable bonds is 3. The first-order valence-corrected chi connectivity index (χ1v) is 7.08. The van der Waals surface area contributed by atoms with Crippen molar-refractivity contribution in [3.05, 3.63) is 24.0 Å². The second-order valence-electron chi connectivity index (χ2n) is 5.25. The van der Waals surface area contributed by atoms with E-state index < -0.39 is 0 Å². The minimum absolute atomic E-state index is 0.355. The SMILES string of the molecule is CC1CCCC(Nc2ccnc(C(N)=S)c2)CC1. The van der Waals surface area contributed by atoms with E-state index in [-0.39, 0.29) is 0 Å². The first-order valence-electron chi connectivity index (χ1n) is 6.67. The van der Waals surface area contributed by atoms with Crippen molar-refractivity contribution in [1.29, 1.82) is 0 Å². The van der Waals surface area contributed by atoms with Crippen molar-refractivity contribution in [1.82, 2.24) is 4.98 Å². The van der Waals surface area contributed by atoms with Gasteiger partial charge in [0, 0.05) is 17.9 Å². The van der Waals surface area contributed by atoms with Crippen molar-refractivity contribution in [2.45, 2.75) is 45.1 Å². The fourth-order valence-electron chi connectivity index (χ4n) is 2.52. The highest BCUT2D eigenvalue weighted by atomic mass is 32.1. The van der Waals surface area contributed by atoms with Crippen LogP contribution < -0.4 is 11.1 Å². The van der Waals surface area contributed by atoms with Gasteiger partial charge in [0.05, 0.1) is 5.69 Å². The monoisotopic (exact) mass is 263 g/mol. The number of thiocarbonyl (C=S) groups is 1. The van der Waals surface area contributed by atoms with E-state index in [1.165, 1.54) is 32.1 Å². The van der Waals surface area contributed by atoms with E-state index >= 15 is 0 Å². The quantitative estimate of drug-likeness (QED) is 0.650. The Bertz CT molecular complexity index is 419. The van der Waals surface area contributed by atoms with Gasteiger partial charge in [0.25, 0.3) is 0 Å². The summed E-state index contributed by atoms with van der Waals surface area (Å²) in [6.07, 6.45) is 8.22. The van der Waals surface area contributed by atoms with Gasteiger partial charge in [-0.3, -0.25) is 4.98 Å². The van der Waals surface area contributed by atoms with E-state index in [1.54, 1.807) is 6.20 Å². The van der Waals surface area contributed by atoms with Crippen molar-refractivity contribution in [3.8, 4) is 0 Å². The molecule has 2 rings (SSSR count). The van der Waals surface area contributed by atoms with Crippen molar-refractivity contribution >= 4 is 22.9 Å². The molecule has 18 heavy (non-hydrogen) atoms. The number of nitrogens with zero attached hydrogens (tertiary/aromatic N) is 1. The summed E-state index contributed by atoms with van der Waals surface area (Å²) < 4.78 is 0. The number of nitrogens with one attached hydrogen (secondary N) is 1. The Labute approximate surface area is 114 Å². The van der Waals surface area contributed by atoms with Crippen molar-refractivity contribution in [2.75, 3.05) is 5.32 Å². The first-order chi connectivity index (χ1) is 8.65. The number of hydrogen-bond donors (Lipinski definition) is 2. The maximum Gasteiger partial charge on any atom is 0.122 e. The van der Waals surface area contributed by atoms with Crippen LogP contribution in [-0.4, -0.2) is 16.0 Å². The third-order valence-electron chi connectivity index (χ3n) is 3.64. The van der Waals surface area contributed by atoms with E-state index in [0.29, 0.717) is 16.7 Å². The average molecular weight is 263 g/mol. The van der Waals surface area contributed by atoms with E-state index in [2.05, 4.69) is 17.2 Å². The molecule has 1 saturated carbocycles. The Balaban J connectivity index is 2.00. The molecule has 0 bridgehead atoms. The molecule has 1 aliphatic rings. The van der Waals surface area contributed by atoms with Crippen molar-refractivity contribution in [3.63, 3.8) is 0 Å². The lowest BCUT2D eigenvalue weighted by Crippen LogP contribution is -2.19. The molecule has 0 aromatic carbocycles. The van der Waals surface area contributed by atoms with Crippen LogP contribution in [0.3, 0.4) is 0 Å². The van der Waals surface area contributed by atoms with Crippen molar-refractivity contribution < 1.29 is 0 Å². The first kappa shape index (κ1) is 13.3. The number of anilines is 1. The van der Waals surface area contributed by atoms with Crippen LogP contribution in [0.4, 0.5) is 5.69 Å². The van der Waals surface area contributed by atoms with Crippen LogP contribution >= 0.6 is 12.2 Å². The largest absolute Gasteiger partial charge is 0.388 e. The highest BCUT2D eigenvalue weighted by Gasteiger charge is 2.16. The Morgan fingerprint density at radius 1 is 1.39 bits per heavy atom. The molecule has 1 fully saturated rings. The lowest BCUT2D eigenvalue weighted by molar-refractivity contribution is 0.502. The van der Waals surface area contributed by atoms with Gasteiger partial charge in [-0.25, -0.2) is 0 Å². The fourth-order valence-corrected chi connectivity index (χ4v) is 2.63. The maximum atomic E-state index is 5.60. The van der Waals surface area contributed by atoms with Crippen LogP contribution in [0.2, 0.25) is 0 Å². The number of aromatic nitrogens is 1. The number of nitrogens with two attached hydrogens (primary N) is 1. The zero-order valence-electron chi connectivity index (χ0n) is 10.9. The summed E-state index contributed by atoms with van der Waals surface area (Å²) in [6.45, 7) is 2.35. The summed E-state index contributed by atoms with van der Waals surface area (Å²) >= 11 is 4.95. The predicted octanol–water partition coefficient (Wildman–Crippen LogP) is 3.10. The molecular weight excluding hydrogens is 242 g/mol. The molecule has 0 radical (unpaired) electrons. The molecule has 1 aromatic heterocycles. The summed E-state index contributed by atoms with van der Waals surface area (Å²) in [5.41, 5.74) is 7.37. The molecule has 0 aliphatic heterocycles. The topological polar surface area (TPSA) is 50.9 Å². The Hall–Kier alpha value is -1.16. The van der Waals surface area contributed by atoms with Crippen LogP contribution in [0.5, 0.6) is 0 Å². The van der Waals surface area contributed by atoms with Gasteiger partial charge in [-0.2, -0.15) is 0 Å². The van der Waals surface area contributed by atoms with Gasteiger partial charge in [0.1, 0.15) is 4.99 Å². The number of pyridine rings is 1. The molecule has 1 aliphatic carbocycles. The third-order valence-corrected chi connectivity index (χ3v) is 3.85. The molecule has 1 aromatic rings. The second-order valence-corrected chi connectivity index (χ2v) is 5.69. The standard InChI is InChI=1S/C14H21N3S/c1-10-3-2-4-11(6-5-10)17-12-7-8-16-13(9-12)14(15)18/h7-11H,2-6H2,1H3,(H2,15,18)(H,16,17). The summed E-state index contributed by atoms with van der Waals surface area (Å²) in [5.74, 6) is 0.862. The Morgan fingerprint density at radius 2 is 2.22 bits per heavy atom. The molecule has 3 nitrogen and oxygen atoms in total. The lowest BCUT2D eigenvalue weighted by Gasteiger charge is -2.18. The van der Waals surface area contributed by atoms with Gasteiger partial charge >= 0.3 is 0 Å². The third kappa shape index (κ3) is 3.67. The minimum atomic E-state index is 0.355. The van der Waals surface area contributed by atoms with Gasteiger partial charge in [-0.1, -0.05) is 32.0 Å². The molecule has 0 saturated heterocycles. The fraction of sp³-hybridized carbons (Fsp3) is 0.571. The summed E-state index contributed by atoms with van der Waals surface area (Å²) in [5, 5.41) is 3.58. The van der Waals surface area contributed by atoms with Crippen LogP contribution in [0.1, 0.15) is 44.7 Å². The Kier molecular flexibility index (Phi) is 4.53. The Morgan fingerprint density at radius 3 is 3.00 bits per heavy atom. The van der Waals surface area contributed by atoms with Crippen molar-refractivity contribution in [2.24, 2.45) is 11.7 Å². The molecule has 1 heterocycles. The molecule has 4 heteroatoms. The molecule has 0 spiro atoms. The van der Waals surface area contributed by atoms with Gasteiger partial charge in [0.2, 0.25) is 0 Å². The molecular formula is C14H21N3S. The lowest BCUT2D eigenvalue weighted by atomic mass is 10.0. The number of hydrogen-bond acceptors (Lipinski definition) is 3. The maximum absolute atomic E-state index is 5.60. The van der Waals surface area contributed by atoms with E-state index in [4.69, 9.17) is 18.0 Å². The highest BCUT2D eigenvalue weighted by Crippen LogP contribution is 2.25. The second kappa shape index (κ2) is 6.14. The average Bonchev–Trinajstić information content (AvgIpc) is 2.55. The smallest absolute Gasteiger partial charge is 0.122 e. The molecule has 2 unspecified atom stereocenters. The zero-order chi connectivity index (χ0) is 13.0.